The zero-order chi connectivity index (χ0) is 33.3. The number of nitrogens with one attached hydrogen (secondary N) is 4. The zero-order valence-electron chi connectivity index (χ0n) is 25.2. The summed E-state index contributed by atoms with van der Waals surface area (Å²) in [5.74, 6) is -1.13. The Balaban J connectivity index is 1.36. The molecule has 5 atom stereocenters. The van der Waals surface area contributed by atoms with Gasteiger partial charge in [0.05, 0.1) is 31.1 Å². The Bertz CT molecular complexity index is 1670. The number of hydrogen-bond acceptors (Lipinski definition) is 12. The van der Waals surface area contributed by atoms with Crippen molar-refractivity contribution in [3.05, 3.63) is 78.4 Å². The minimum absolute atomic E-state index is 0.0131. The van der Waals surface area contributed by atoms with Crippen molar-refractivity contribution in [1.82, 2.24) is 35.5 Å². The molecule has 0 bridgehead atoms. The lowest BCUT2D eigenvalue weighted by Crippen LogP contribution is -2.44. The number of carbonyl (C=O) groups is 3. The van der Waals surface area contributed by atoms with Gasteiger partial charge in [-0.15, -0.1) is 0 Å². The number of nitrogens with zero attached hydrogens (tertiary/aromatic N) is 4. The van der Waals surface area contributed by atoms with Crippen molar-refractivity contribution in [2.75, 3.05) is 31.6 Å². The van der Waals surface area contributed by atoms with Crippen molar-refractivity contribution in [3.63, 3.8) is 0 Å². The van der Waals surface area contributed by atoms with Crippen molar-refractivity contribution in [3.8, 4) is 5.75 Å². The molecule has 2 aromatic carbocycles. The molecule has 5 rings (SSSR count). The first kappa shape index (κ1) is 33.2. The van der Waals surface area contributed by atoms with Crippen molar-refractivity contribution in [2.24, 2.45) is 0 Å². The summed E-state index contributed by atoms with van der Waals surface area (Å²) in [6.07, 6.45) is -1.50. The minimum atomic E-state index is -1.35. The molecule has 0 radical (unpaired) electrons. The number of amides is 3. The number of aliphatic hydroxyl groups excluding tert-OH is 4. The van der Waals surface area contributed by atoms with Gasteiger partial charge in [0.1, 0.15) is 30.1 Å². The molecule has 1 aliphatic rings. The maximum absolute atomic E-state index is 13.3. The molecule has 248 valence electrons. The molecule has 1 saturated carbocycles. The molecule has 0 spiro atoms. The Morgan fingerprint density at radius 1 is 0.936 bits per heavy atom. The topological polar surface area (TPSA) is 233 Å². The summed E-state index contributed by atoms with van der Waals surface area (Å²) in [5.41, 5.74) is 1.34. The highest BCUT2D eigenvalue weighted by Gasteiger charge is 2.44. The van der Waals surface area contributed by atoms with Gasteiger partial charge >= 0.3 is 6.09 Å². The molecule has 3 amide bonds. The molecular weight excluding hydrogens is 612 g/mol. The summed E-state index contributed by atoms with van der Waals surface area (Å²) in [6, 6.07) is 15.8. The number of imidazole rings is 1. The van der Waals surface area contributed by atoms with Crippen LogP contribution in [-0.4, -0.2) is 108 Å². The number of ether oxygens (including phenoxy) is 1. The number of rotatable bonds is 13. The SMILES string of the molecule is O=C(CO)N[C@H]1C[C@@H](n2cnc3c(N[C@H](CO)Cc4ccccc4)nc(C(=O)NCCNC(=O)Oc4ccccc4)nc32)[C@H](O)[C@@H]1O. The van der Waals surface area contributed by atoms with Crippen LogP contribution in [0.25, 0.3) is 11.2 Å². The number of para-hydroxylation sites is 1. The van der Waals surface area contributed by atoms with E-state index in [2.05, 4.69) is 36.2 Å². The third kappa shape index (κ3) is 8.17. The van der Waals surface area contributed by atoms with Gasteiger partial charge in [0.2, 0.25) is 11.7 Å². The van der Waals surface area contributed by atoms with Crippen LogP contribution >= 0.6 is 0 Å². The molecule has 0 saturated heterocycles. The van der Waals surface area contributed by atoms with Crippen LogP contribution < -0.4 is 26.0 Å². The zero-order valence-corrected chi connectivity index (χ0v) is 25.2. The summed E-state index contributed by atoms with van der Waals surface area (Å²) >= 11 is 0. The predicted octanol–water partition coefficient (Wildman–Crippen LogP) is -0.496. The number of anilines is 1. The number of aromatic nitrogens is 4. The van der Waals surface area contributed by atoms with E-state index in [1.165, 1.54) is 10.9 Å². The van der Waals surface area contributed by atoms with Crippen LogP contribution in [-0.2, 0) is 11.2 Å². The normalized spacial score (nSPS) is 19.6. The molecule has 0 aliphatic heterocycles. The third-order valence-electron chi connectivity index (χ3n) is 7.64. The molecule has 2 aromatic heterocycles. The highest BCUT2D eigenvalue weighted by Crippen LogP contribution is 2.34. The van der Waals surface area contributed by atoms with E-state index in [4.69, 9.17) is 9.84 Å². The van der Waals surface area contributed by atoms with Gasteiger partial charge < -0.3 is 51.0 Å². The Labute approximate surface area is 268 Å². The first-order valence-corrected chi connectivity index (χ1v) is 15.0. The van der Waals surface area contributed by atoms with Crippen LogP contribution in [0.3, 0.4) is 0 Å². The molecule has 1 aliphatic carbocycles. The van der Waals surface area contributed by atoms with Crippen LogP contribution in [0.4, 0.5) is 10.6 Å². The second-order valence-electron chi connectivity index (χ2n) is 10.9. The average molecular weight is 649 g/mol. The molecule has 4 aromatic rings. The molecule has 2 heterocycles. The maximum Gasteiger partial charge on any atom is 0.412 e. The van der Waals surface area contributed by atoms with E-state index < -0.39 is 54.8 Å². The first-order valence-electron chi connectivity index (χ1n) is 15.0. The predicted molar refractivity (Wildman–Crippen MR) is 167 cm³/mol. The summed E-state index contributed by atoms with van der Waals surface area (Å²) in [4.78, 5) is 50.4. The quantitative estimate of drug-likeness (QED) is 0.0858. The summed E-state index contributed by atoms with van der Waals surface area (Å²) in [6.45, 7) is -0.997. The number of hydrogen-bond donors (Lipinski definition) is 8. The Morgan fingerprint density at radius 2 is 1.64 bits per heavy atom. The average Bonchev–Trinajstić information content (AvgIpc) is 3.63. The second kappa shape index (κ2) is 15.4. The summed E-state index contributed by atoms with van der Waals surface area (Å²) < 4.78 is 6.66. The Hall–Kier alpha value is -5.16. The molecule has 0 unspecified atom stereocenters. The fraction of sp³-hybridized carbons (Fsp3) is 0.355. The molecule has 8 N–H and O–H groups in total. The molecular formula is C31H36N8O8. The number of benzene rings is 2. The second-order valence-corrected chi connectivity index (χ2v) is 10.9. The van der Waals surface area contributed by atoms with Crippen LogP contribution in [0, 0.1) is 0 Å². The largest absolute Gasteiger partial charge is 0.412 e. The van der Waals surface area contributed by atoms with Gasteiger partial charge in [-0.05, 0) is 30.5 Å². The van der Waals surface area contributed by atoms with Gasteiger partial charge in [-0.1, -0.05) is 48.5 Å². The Kier molecular flexibility index (Phi) is 10.9. The lowest BCUT2D eigenvalue weighted by atomic mass is 10.1. The molecule has 16 heteroatoms. The van der Waals surface area contributed by atoms with Crippen molar-refractivity contribution >= 4 is 34.9 Å². The van der Waals surface area contributed by atoms with Gasteiger partial charge in [-0.25, -0.2) is 19.7 Å². The Morgan fingerprint density at radius 3 is 2.34 bits per heavy atom. The molecule has 1 fully saturated rings. The lowest BCUT2D eigenvalue weighted by molar-refractivity contribution is -0.125. The van der Waals surface area contributed by atoms with Gasteiger partial charge in [-0.2, -0.15) is 0 Å². The van der Waals surface area contributed by atoms with Crippen LogP contribution in [0.1, 0.15) is 28.6 Å². The summed E-state index contributed by atoms with van der Waals surface area (Å²) in [7, 11) is 0. The van der Waals surface area contributed by atoms with Crippen molar-refractivity contribution < 1.29 is 39.5 Å². The van der Waals surface area contributed by atoms with E-state index in [1.807, 2.05) is 30.3 Å². The smallest absolute Gasteiger partial charge is 0.410 e. The number of carbonyl (C=O) groups excluding carboxylic acids is 3. The van der Waals surface area contributed by atoms with E-state index in [1.54, 1.807) is 30.3 Å². The molecule has 16 nitrogen and oxygen atoms in total. The van der Waals surface area contributed by atoms with Gasteiger partial charge in [0.15, 0.2) is 11.5 Å². The van der Waals surface area contributed by atoms with E-state index in [0.29, 0.717) is 12.2 Å². The van der Waals surface area contributed by atoms with Gasteiger partial charge in [0, 0.05) is 13.1 Å². The fourth-order valence-corrected chi connectivity index (χ4v) is 5.35. The molecule has 47 heavy (non-hydrogen) atoms. The number of fused-ring (bicyclic) bond motifs is 1. The van der Waals surface area contributed by atoms with Crippen molar-refractivity contribution in [1.29, 1.82) is 0 Å². The van der Waals surface area contributed by atoms with Crippen LogP contribution in [0.15, 0.2) is 67.0 Å². The fourth-order valence-electron chi connectivity index (χ4n) is 5.35. The minimum Gasteiger partial charge on any atom is -0.410 e. The van der Waals surface area contributed by atoms with E-state index in [9.17, 15) is 29.7 Å². The van der Waals surface area contributed by atoms with E-state index >= 15 is 0 Å². The summed E-state index contributed by atoms with van der Waals surface area (Å²) in [5, 5.41) is 51.6. The number of aliphatic hydroxyl groups is 4. The van der Waals surface area contributed by atoms with E-state index in [-0.39, 0.29) is 48.9 Å². The highest BCUT2D eigenvalue weighted by molar-refractivity contribution is 5.94. The third-order valence-corrected chi connectivity index (χ3v) is 7.64. The maximum atomic E-state index is 13.3. The lowest BCUT2D eigenvalue weighted by Gasteiger charge is -2.20. The van der Waals surface area contributed by atoms with Gasteiger partial charge in [0.25, 0.3) is 5.91 Å². The van der Waals surface area contributed by atoms with E-state index in [0.717, 1.165) is 5.56 Å². The monoisotopic (exact) mass is 648 g/mol. The van der Waals surface area contributed by atoms with Gasteiger partial charge in [-0.3, -0.25) is 9.59 Å². The van der Waals surface area contributed by atoms with Crippen molar-refractivity contribution in [2.45, 2.75) is 43.2 Å². The van der Waals surface area contributed by atoms with Crippen LogP contribution in [0.2, 0.25) is 0 Å². The highest BCUT2D eigenvalue weighted by atomic mass is 16.6. The first-order chi connectivity index (χ1) is 22.8. The van der Waals surface area contributed by atoms with Crippen LogP contribution in [0.5, 0.6) is 5.75 Å². The standard InChI is InChI=1S/C31H36N8O8/c40-15-19(13-18-7-3-1-4-8-18)35-27-24-29(39(17-34-24)22-14-21(25(43)26(22)44)36-23(42)16-41)38-28(37-27)30(45)32-11-12-33-31(46)47-20-9-5-2-6-10-20/h1-10,17,19,21-22,25-26,40-41,43-44H,11-16H2,(H,32,45)(H,33,46)(H,36,42)(H,35,37,38)/t19-,21-,22+,25+,26-/m0/s1.